The molecule has 34 heavy (non-hydrogen) atoms. The molecule has 0 radical (unpaired) electrons. The summed E-state index contributed by atoms with van der Waals surface area (Å²) in [5.41, 5.74) is 9.88. The minimum atomic E-state index is 0. The lowest BCUT2D eigenvalue weighted by molar-refractivity contribution is 0.122. The van der Waals surface area contributed by atoms with E-state index in [1.165, 1.54) is 12.8 Å². The molecule has 7 nitrogen and oxygen atoms in total. The molecule has 1 saturated carbocycles. The van der Waals surface area contributed by atoms with Crippen LogP contribution in [0.4, 0.5) is 11.8 Å². The Balaban J connectivity index is 0.00000289. The topological polar surface area (TPSA) is 88.7 Å². The third-order valence-corrected chi connectivity index (χ3v) is 6.75. The molecule has 176 valence electrons. The Morgan fingerprint density at radius 2 is 2.18 bits per heavy atom. The molecular weight excluding hydrogens is 444 g/mol. The van der Waals surface area contributed by atoms with E-state index in [-0.39, 0.29) is 1.43 Å². The smallest absolute Gasteiger partial charge is 0.251 e. The van der Waals surface area contributed by atoms with Crippen LogP contribution in [-0.2, 0) is 4.74 Å². The van der Waals surface area contributed by atoms with Crippen molar-refractivity contribution in [2.45, 2.75) is 25.8 Å². The first-order valence-electron chi connectivity index (χ1n) is 11.6. The number of nitrogens with zero attached hydrogens (tertiary/aromatic N) is 4. The number of aromatic nitrogens is 2. The number of benzene rings is 1. The number of allylic oxidation sites excluding steroid dienone is 1. The zero-order valence-corrected chi connectivity index (χ0v) is 20.1. The lowest BCUT2D eigenvalue weighted by Crippen LogP contribution is -2.36. The minimum absolute atomic E-state index is 0. The van der Waals surface area contributed by atoms with Gasteiger partial charge in [0.1, 0.15) is 0 Å². The average molecular weight is 475 g/mol. The molecule has 5 rings (SSSR count). The van der Waals surface area contributed by atoms with E-state index in [9.17, 15) is 0 Å². The van der Waals surface area contributed by atoms with Crippen molar-refractivity contribution in [3.05, 3.63) is 52.4 Å². The monoisotopic (exact) mass is 474 g/mol. The molecule has 2 fully saturated rings. The Morgan fingerprint density at radius 3 is 2.97 bits per heavy atom. The highest BCUT2D eigenvalue weighted by molar-refractivity contribution is 7.20. The van der Waals surface area contributed by atoms with Gasteiger partial charge in [-0.3, -0.25) is 0 Å². The van der Waals surface area contributed by atoms with Crippen LogP contribution in [0.25, 0.3) is 15.9 Å². The zero-order valence-electron chi connectivity index (χ0n) is 19.3. The second kappa shape index (κ2) is 10.3. The highest BCUT2D eigenvalue weighted by atomic mass is 32.1. The van der Waals surface area contributed by atoms with Crippen LogP contribution in [0.1, 0.15) is 30.3 Å². The number of aliphatic imine (C=N–C) groups is 1. The van der Waals surface area contributed by atoms with Gasteiger partial charge in [-0.2, -0.15) is 4.98 Å². The number of morpholine rings is 1. The van der Waals surface area contributed by atoms with Crippen molar-refractivity contribution in [3.8, 4) is 11.8 Å². The molecule has 8 heteroatoms. The van der Waals surface area contributed by atoms with Gasteiger partial charge in [-0.1, -0.05) is 35.6 Å². The van der Waals surface area contributed by atoms with Gasteiger partial charge >= 0.3 is 0 Å². The summed E-state index contributed by atoms with van der Waals surface area (Å²) in [6.07, 6.45) is 5.98. The van der Waals surface area contributed by atoms with Crippen molar-refractivity contribution in [1.29, 1.82) is 0 Å². The van der Waals surface area contributed by atoms with E-state index >= 15 is 0 Å². The molecule has 0 atom stereocenters. The van der Waals surface area contributed by atoms with E-state index in [1.807, 2.05) is 37.3 Å². The third-order valence-electron chi connectivity index (χ3n) is 5.72. The van der Waals surface area contributed by atoms with Gasteiger partial charge in [0.2, 0.25) is 0 Å². The number of nitrogens with two attached hydrogens (primary N) is 1. The number of anilines is 1. The van der Waals surface area contributed by atoms with Crippen LogP contribution >= 0.6 is 11.3 Å². The normalized spacial score (nSPS) is 16.7. The molecule has 0 spiro atoms. The molecule has 3 heterocycles. The van der Waals surface area contributed by atoms with Gasteiger partial charge in [-0.05, 0) is 43.5 Å². The van der Waals surface area contributed by atoms with E-state index in [0.29, 0.717) is 37.4 Å². The van der Waals surface area contributed by atoms with Crippen molar-refractivity contribution < 1.29 is 6.16 Å². The summed E-state index contributed by atoms with van der Waals surface area (Å²) < 4.78 is 6.58. The van der Waals surface area contributed by atoms with E-state index < -0.39 is 0 Å². The van der Waals surface area contributed by atoms with Crippen molar-refractivity contribution >= 4 is 45.2 Å². The van der Waals surface area contributed by atoms with Crippen molar-refractivity contribution in [2.24, 2.45) is 10.7 Å². The van der Waals surface area contributed by atoms with Crippen LogP contribution in [0.2, 0.25) is 0 Å². The first kappa shape index (κ1) is 22.5. The van der Waals surface area contributed by atoms with Crippen LogP contribution in [0.5, 0.6) is 0 Å². The number of thiophene rings is 1. The van der Waals surface area contributed by atoms with E-state index in [0.717, 1.165) is 45.1 Å². The molecule has 0 unspecified atom stereocenters. The molecule has 1 saturated heterocycles. The second-order valence-electron chi connectivity index (χ2n) is 8.50. The Morgan fingerprint density at radius 1 is 1.32 bits per heavy atom. The molecular formula is C26H30N6OS. The first-order chi connectivity index (χ1) is 16.7. The van der Waals surface area contributed by atoms with E-state index in [1.54, 1.807) is 23.6 Å². The largest absolute Gasteiger partial charge is 0.398 e. The molecule has 1 aliphatic carbocycles. The summed E-state index contributed by atoms with van der Waals surface area (Å²) in [4.78, 5) is 17.2. The lowest BCUT2D eigenvalue weighted by atomic mass is 10.1. The molecule has 2 aromatic heterocycles. The van der Waals surface area contributed by atoms with Crippen LogP contribution in [0.3, 0.4) is 0 Å². The van der Waals surface area contributed by atoms with Crippen LogP contribution in [0.15, 0.2) is 41.4 Å². The molecule has 3 N–H and O–H groups in total. The number of nitrogens with one attached hydrogen (secondary N) is 1. The molecule has 3 aromatic rings. The molecule has 0 amide bonds. The fraction of sp³-hybridized carbons (Fsp3) is 0.346. The van der Waals surface area contributed by atoms with E-state index in [2.05, 4.69) is 27.0 Å². The number of hydrogen-bond donors (Lipinski definition) is 2. The number of hydrogen-bond acceptors (Lipinski definition) is 8. The van der Waals surface area contributed by atoms with Gasteiger partial charge < -0.3 is 20.7 Å². The fourth-order valence-corrected chi connectivity index (χ4v) is 4.72. The summed E-state index contributed by atoms with van der Waals surface area (Å²) in [6, 6.07) is 10.8. The number of rotatable bonds is 6. The summed E-state index contributed by atoms with van der Waals surface area (Å²) in [6.45, 7) is 5.71. The van der Waals surface area contributed by atoms with Gasteiger partial charge in [0.15, 0.2) is 5.82 Å². The predicted octanol–water partition coefficient (Wildman–Crippen LogP) is 3.89. The van der Waals surface area contributed by atoms with Crippen molar-refractivity contribution in [3.63, 3.8) is 0 Å². The van der Waals surface area contributed by atoms with E-state index in [4.69, 9.17) is 20.4 Å². The van der Waals surface area contributed by atoms with Crippen LogP contribution in [-0.4, -0.2) is 55.1 Å². The maximum Gasteiger partial charge on any atom is 0.251 e. The highest BCUT2D eigenvalue weighted by Crippen LogP contribution is 2.33. The van der Waals surface area contributed by atoms with Crippen molar-refractivity contribution in [2.75, 3.05) is 37.7 Å². The third kappa shape index (κ3) is 5.62. The number of ether oxygens (including phenoxy) is 1. The summed E-state index contributed by atoms with van der Waals surface area (Å²) in [5, 5.41) is 3.43. The molecule has 0 bridgehead atoms. The lowest BCUT2D eigenvalue weighted by Gasteiger charge is -2.28. The average Bonchev–Trinajstić information content (AvgIpc) is 3.59. The van der Waals surface area contributed by atoms with Gasteiger partial charge in [0, 0.05) is 32.5 Å². The quantitative estimate of drug-likeness (QED) is 0.416. The van der Waals surface area contributed by atoms with Gasteiger partial charge in [-0.25, -0.2) is 9.98 Å². The summed E-state index contributed by atoms with van der Waals surface area (Å²) in [5.74, 6) is 7.81. The summed E-state index contributed by atoms with van der Waals surface area (Å²) >= 11 is 1.64. The Bertz CT molecular complexity index is 1300. The Kier molecular flexibility index (Phi) is 6.86. The fourth-order valence-electron chi connectivity index (χ4n) is 3.73. The predicted molar refractivity (Wildman–Crippen MR) is 142 cm³/mol. The van der Waals surface area contributed by atoms with Crippen molar-refractivity contribution in [1.82, 2.24) is 15.3 Å². The maximum absolute atomic E-state index is 6.24. The van der Waals surface area contributed by atoms with Gasteiger partial charge in [0.25, 0.3) is 5.95 Å². The maximum atomic E-state index is 6.24. The number of fused-ring (bicyclic) bond motifs is 1. The standard InChI is InChI=1S/C26H28N6OS.H2/c1-18-4-2-5-19(16-18)22(27)9-11-29-26-30-23-17-21(6-3-10-28-20-7-8-20)34-24(23)25(31-26)32-12-14-33-15-13-32;/h2,4-5,9,11,16-17,20,28H,7-8,10,12-15,27H2,1H3;1H/b22-9-,29-11+;. The van der Waals surface area contributed by atoms with Gasteiger partial charge in [0.05, 0.1) is 34.9 Å². The summed E-state index contributed by atoms with van der Waals surface area (Å²) in [7, 11) is 0. The highest BCUT2D eigenvalue weighted by Gasteiger charge is 2.20. The second-order valence-corrected chi connectivity index (χ2v) is 9.55. The molecule has 2 aliphatic rings. The van der Waals surface area contributed by atoms with Crippen LogP contribution < -0.4 is 16.0 Å². The SMILES string of the molecule is Cc1cccc(/C(N)=C/C=N/c2nc(N3CCOCC3)c3sc(C#CCNC4CC4)cc3n2)c1.[HH]. The minimum Gasteiger partial charge on any atom is -0.398 e. The molecule has 1 aromatic carbocycles. The van der Waals surface area contributed by atoms with Gasteiger partial charge in [-0.15, -0.1) is 11.3 Å². The first-order valence-corrected chi connectivity index (χ1v) is 12.4. The zero-order chi connectivity index (χ0) is 23.3. The Labute approximate surface area is 205 Å². The Hall–Kier alpha value is -3.25. The van der Waals surface area contributed by atoms with Crippen LogP contribution in [0, 0.1) is 18.8 Å². The number of aryl methyl sites for hydroxylation is 1. The molecule has 1 aliphatic heterocycles.